The minimum atomic E-state index is 0.808. The van der Waals surface area contributed by atoms with Gasteiger partial charge < -0.3 is 0 Å². The van der Waals surface area contributed by atoms with Gasteiger partial charge in [0.1, 0.15) is 0 Å². The molecule has 0 aromatic rings. The maximum Gasteiger partial charge on any atom is 0.0893 e. The largest absolute Gasteiger partial charge is 0.259 e. The third-order valence-corrected chi connectivity index (χ3v) is 0.968. The Morgan fingerprint density at radius 1 is 1.86 bits per heavy atom. The minimum Gasteiger partial charge on any atom is -0.259 e. The lowest BCUT2D eigenvalue weighted by molar-refractivity contribution is 1.45. The summed E-state index contributed by atoms with van der Waals surface area (Å²) in [5, 5.41) is 0. The fraction of sp³-hybridized carbons (Fsp3) is 0.200. The molecule has 0 saturated heterocycles. The van der Waals surface area contributed by atoms with Crippen LogP contribution in [0, 0.1) is 6.20 Å². The summed E-state index contributed by atoms with van der Waals surface area (Å²) < 4.78 is 0. The number of hydrogen-bond donors (Lipinski definition) is 0. The maximum absolute atomic E-state index is 4.80. The van der Waals surface area contributed by atoms with Crippen LogP contribution in [0.3, 0.4) is 0 Å². The molecule has 0 N–H and O–H groups in total. The molecule has 1 nitrogen and oxygen atoms in total. The van der Waals surface area contributed by atoms with E-state index < -0.39 is 0 Å². The molecule has 2 heteroatoms. The van der Waals surface area contributed by atoms with Gasteiger partial charge in [-0.05, 0) is 6.08 Å². The highest BCUT2D eigenvalue weighted by Gasteiger charge is 1.89. The Balaban J connectivity index is 2.66. The van der Waals surface area contributed by atoms with Crippen LogP contribution in [0.5, 0.6) is 0 Å². The molecule has 0 unspecified atom stereocenters. The predicted molar refractivity (Wildman–Crippen MR) is 33.5 cm³/mol. The molecular formula is C5H4NS. The monoisotopic (exact) mass is 110 g/mol. The van der Waals surface area contributed by atoms with Crippen molar-refractivity contribution in [3.05, 3.63) is 12.3 Å². The second kappa shape index (κ2) is 1.98. The molecule has 1 radical (unpaired) electrons. The van der Waals surface area contributed by atoms with Gasteiger partial charge in [0.05, 0.1) is 6.20 Å². The van der Waals surface area contributed by atoms with E-state index in [0.717, 1.165) is 11.3 Å². The van der Waals surface area contributed by atoms with E-state index in [-0.39, 0.29) is 0 Å². The van der Waals surface area contributed by atoms with Crippen molar-refractivity contribution in [2.24, 2.45) is 4.99 Å². The Labute approximate surface area is 47.8 Å². The van der Waals surface area contributed by atoms with Gasteiger partial charge in [0, 0.05) is 17.5 Å². The van der Waals surface area contributed by atoms with Gasteiger partial charge in [-0.3, -0.25) is 4.99 Å². The molecule has 0 atom stereocenters. The molecule has 0 aromatic heterocycles. The summed E-state index contributed by atoms with van der Waals surface area (Å²) >= 11 is 4.80. The van der Waals surface area contributed by atoms with Gasteiger partial charge in [0.25, 0.3) is 0 Å². The topological polar surface area (TPSA) is 12.4 Å². The zero-order valence-corrected chi connectivity index (χ0v) is 4.53. The molecule has 0 spiro atoms. The van der Waals surface area contributed by atoms with Crippen LogP contribution in [0.15, 0.2) is 11.1 Å². The molecule has 0 aromatic carbocycles. The van der Waals surface area contributed by atoms with Crippen LogP contribution < -0.4 is 0 Å². The van der Waals surface area contributed by atoms with E-state index in [9.17, 15) is 0 Å². The average molecular weight is 110 g/mol. The highest BCUT2D eigenvalue weighted by molar-refractivity contribution is 7.80. The van der Waals surface area contributed by atoms with E-state index in [2.05, 4.69) is 11.2 Å². The number of thiocarbonyl (C=S) groups is 1. The normalized spacial score (nSPS) is 18.0. The third kappa shape index (κ3) is 1.20. The van der Waals surface area contributed by atoms with Crippen LogP contribution in [0.1, 0.15) is 6.42 Å². The lowest BCUT2D eigenvalue weighted by Gasteiger charge is -1.90. The van der Waals surface area contributed by atoms with Crippen LogP contribution in [0.4, 0.5) is 0 Å². The first-order chi connectivity index (χ1) is 3.39. The number of aliphatic imine (C=N–C) groups is 1. The van der Waals surface area contributed by atoms with Crippen molar-refractivity contribution in [2.45, 2.75) is 6.42 Å². The molecular weight excluding hydrogens is 106 g/mol. The maximum atomic E-state index is 4.80. The number of rotatable bonds is 0. The van der Waals surface area contributed by atoms with Crippen molar-refractivity contribution in [1.82, 2.24) is 0 Å². The lowest BCUT2D eigenvalue weighted by Crippen LogP contribution is -1.92. The predicted octanol–water partition coefficient (Wildman–Crippen LogP) is 1.15. The molecule has 1 aliphatic heterocycles. The van der Waals surface area contributed by atoms with Crippen molar-refractivity contribution in [2.75, 3.05) is 0 Å². The summed E-state index contributed by atoms with van der Waals surface area (Å²) in [6.07, 6.45) is 6.92. The van der Waals surface area contributed by atoms with Gasteiger partial charge in [0.15, 0.2) is 0 Å². The fourth-order valence-corrected chi connectivity index (χ4v) is 0.484. The van der Waals surface area contributed by atoms with Crippen LogP contribution >= 0.6 is 12.2 Å². The molecule has 0 fully saturated rings. The van der Waals surface area contributed by atoms with Crippen LogP contribution in [0.2, 0.25) is 0 Å². The first-order valence-electron chi connectivity index (χ1n) is 2.03. The van der Waals surface area contributed by atoms with Crippen molar-refractivity contribution < 1.29 is 0 Å². The quantitative estimate of drug-likeness (QED) is 0.426. The number of allylic oxidation sites excluding steroid dienone is 1. The molecule has 0 bridgehead atoms. The molecule has 1 rings (SSSR count). The molecule has 1 heterocycles. The smallest absolute Gasteiger partial charge is 0.0893 e. The Morgan fingerprint density at radius 2 is 2.71 bits per heavy atom. The molecule has 1 aliphatic rings. The van der Waals surface area contributed by atoms with Crippen LogP contribution in [0.25, 0.3) is 0 Å². The number of nitrogens with zero attached hydrogens (tertiary/aromatic N) is 1. The van der Waals surface area contributed by atoms with Gasteiger partial charge in [-0.2, -0.15) is 0 Å². The van der Waals surface area contributed by atoms with Gasteiger partial charge in [-0.15, -0.1) is 0 Å². The van der Waals surface area contributed by atoms with Crippen molar-refractivity contribution in [3.63, 3.8) is 0 Å². The van der Waals surface area contributed by atoms with E-state index in [1.807, 2.05) is 0 Å². The standard InChI is InChI=1S/C5H4NS/c7-5-1-3-6-4-2-5/h1,4H,2H2. The summed E-state index contributed by atoms with van der Waals surface area (Å²) in [7, 11) is 0. The second-order valence-corrected chi connectivity index (χ2v) is 1.78. The molecule has 35 valence electrons. The van der Waals surface area contributed by atoms with Crippen LogP contribution in [-0.2, 0) is 0 Å². The summed E-state index contributed by atoms with van der Waals surface area (Å²) in [6.45, 7) is 0. The molecule has 7 heavy (non-hydrogen) atoms. The Bertz CT molecular complexity index is 135. The zero-order chi connectivity index (χ0) is 5.11. The molecule has 0 amide bonds. The Morgan fingerprint density at radius 3 is 3.00 bits per heavy atom. The SMILES string of the molecule is S=C1C=[C]N=CC1. The minimum absolute atomic E-state index is 0.808. The van der Waals surface area contributed by atoms with E-state index in [4.69, 9.17) is 12.2 Å². The van der Waals surface area contributed by atoms with Crippen molar-refractivity contribution >= 4 is 23.3 Å². The summed E-state index contributed by atoms with van der Waals surface area (Å²) in [5.74, 6) is 0. The van der Waals surface area contributed by atoms with Gasteiger partial charge in [-0.1, -0.05) is 12.2 Å². The van der Waals surface area contributed by atoms with Crippen LogP contribution in [-0.4, -0.2) is 11.1 Å². The summed E-state index contributed by atoms with van der Waals surface area (Å²) in [6, 6.07) is 0. The second-order valence-electron chi connectivity index (χ2n) is 1.26. The van der Waals surface area contributed by atoms with E-state index in [0.29, 0.717) is 0 Å². The van der Waals surface area contributed by atoms with E-state index in [1.54, 1.807) is 12.3 Å². The highest BCUT2D eigenvalue weighted by atomic mass is 32.1. The van der Waals surface area contributed by atoms with Gasteiger partial charge >= 0.3 is 0 Å². The molecule has 0 saturated carbocycles. The summed E-state index contributed by atoms with van der Waals surface area (Å²) in [4.78, 5) is 4.62. The van der Waals surface area contributed by atoms with Gasteiger partial charge in [0.2, 0.25) is 0 Å². The number of hydrogen-bond acceptors (Lipinski definition) is 2. The highest BCUT2D eigenvalue weighted by Crippen LogP contribution is 1.91. The lowest BCUT2D eigenvalue weighted by atomic mass is 10.3. The Hall–Kier alpha value is -0.500. The van der Waals surface area contributed by atoms with Crippen molar-refractivity contribution in [1.29, 1.82) is 0 Å². The average Bonchev–Trinajstić information content (AvgIpc) is 1.69. The third-order valence-electron chi connectivity index (χ3n) is 0.684. The Kier molecular flexibility index (Phi) is 1.32. The summed E-state index contributed by atoms with van der Waals surface area (Å²) in [5.41, 5.74) is 0. The first-order valence-corrected chi connectivity index (χ1v) is 2.43. The van der Waals surface area contributed by atoms with E-state index >= 15 is 0 Å². The fourth-order valence-electron chi connectivity index (χ4n) is 0.357. The molecule has 0 aliphatic carbocycles. The first kappa shape index (κ1) is 4.65. The van der Waals surface area contributed by atoms with Gasteiger partial charge in [-0.25, -0.2) is 0 Å². The van der Waals surface area contributed by atoms with Crippen molar-refractivity contribution in [3.8, 4) is 0 Å². The van der Waals surface area contributed by atoms with E-state index in [1.165, 1.54) is 0 Å². The zero-order valence-electron chi connectivity index (χ0n) is 3.72.